The Kier molecular flexibility index (Phi) is 6.95. The van der Waals surface area contributed by atoms with Crippen LogP contribution in [0.1, 0.15) is 25.6 Å². The number of hydrogen-bond donors (Lipinski definition) is 2. The SMILES string of the molecule is C=C([C@@H](C)n1cnc2c(C)n[c-]nc21)[C@](C)(F)OCP(=O)(O)O.[Y]. The Hall–Kier alpha value is -0.566. The van der Waals surface area contributed by atoms with Crippen LogP contribution in [0.3, 0.4) is 0 Å². The van der Waals surface area contributed by atoms with Crippen LogP contribution in [0.15, 0.2) is 18.5 Å². The van der Waals surface area contributed by atoms with E-state index in [1.807, 2.05) is 0 Å². The molecule has 0 aliphatic rings. The first-order valence-electron chi connectivity index (χ1n) is 6.67. The van der Waals surface area contributed by atoms with E-state index < -0.39 is 25.8 Å². The number of aromatic nitrogens is 4. The molecule has 0 saturated heterocycles. The van der Waals surface area contributed by atoms with E-state index in [4.69, 9.17) is 14.5 Å². The largest absolute Gasteiger partial charge is 0.369 e. The van der Waals surface area contributed by atoms with Crippen molar-refractivity contribution in [2.24, 2.45) is 0 Å². The van der Waals surface area contributed by atoms with Crippen LogP contribution in [0.4, 0.5) is 4.39 Å². The molecule has 2 heterocycles. The first-order valence-corrected chi connectivity index (χ1v) is 8.46. The number of fused-ring (bicyclic) bond motifs is 1. The average molecular weight is 432 g/mol. The van der Waals surface area contributed by atoms with Gasteiger partial charge < -0.3 is 29.1 Å². The van der Waals surface area contributed by atoms with Gasteiger partial charge in [0.1, 0.15) is 0 Å². The molecule has 0 spiro atoms. The van der Waals surface area contributed by atoms with Crippen LogP contribution >= 0.6 is 7.60 Å². The van der Waals surface area contributed by atoms with Crippen molar-refractivity contribution >= 4 is 18.8 Å². The monoisotopic (exact) mass is 432 g/mol. The van der Waals surface area contributed by atoms with Gasteiger partial charge in [-0.15, -0.1) is 0 Å². The molecule has 11 heteroatoms. The summed E-state index contributed by atoms with van der Waals surface area (Å²) in [6.45, 7) is 8.11. The Morgan fingerprint density at radius 1 is 1.58 bits per heavy atom. The summed E-state index contributed by atoms with van der Waals surface area (Å²) in [5.74, 6) is -2.43. The molecule has 0 unspecified atom stereocenters. The zero-order valence-corrected chi connectivity index (χ0v) is 17.2. The van der Waals surface area contributed by atoms with E-state index in [0.29, 0.717) is 16.9 Å². The maximum Gasteiger partial charge on any atom is 0.351 e. The molecule has 2 aromatic rings. The van der Waals surface area contributed by atoms with Crippen molar-refractivity contribution in [1.82, 2.24) is 19.5 Å². The van der Waals surface area contributed by atoms with Crippen LogP contribution in [0.2, 0.25) is 0 Å². The second-order valence-electron chi connectivity index (χ2n) is 5.29. The fourth-order valence-electron chi connectivity index (χ4n) is 2.04. The summed E-state index contributed by atoms with van der Waals surface area (Å²) in [7, 11) is -4.49. The average Bonchev–Trinajstić information content (AvgIpc) is 2.88. The molecule has 129 valence electrons. The molecule has 2 rings (SSSR count). The zero-order valence-electron chi connectivity index (χ0n) is 13.5. The molecule has 1 radical (unpaired) electrons. The summed E-state index contributed by atoms with van der Waals surface area (Å²) in [5, 5.41) is 0. The molecule has 2 aromatic heterocycles. The number of nitrogens with zero attached hydrogens (tertiary/aromatic N) is 4. The summed E-state index contributed by atoms with van der Waals surface area (Å²) in [5.41, 5.74) is 1.62. The standard InChI is InChI=1S/C13H17FN4O4P.Y/c1-8(13(4,14)22-7-23(19,20)21)10(3)18-6-17-11-9(2)15-5-16-12(11)18;/h6,10H,1,7H2,2-4H3,(H2,19,20,21);/q-1;/t10-,13-;/m1./s1. The van der Waals surface area contributed by atoms with Gasteiger partial charge in [-0.2, -0.15) is 0 Å². The van der Waals surface area contributed by atoms with Crippen molar-refractivity contribution in [3.63, 3.8) is 0 Å². The molecule has 2 atom stereocenters. The van der Waals surface area contributed by atoms with E-state index in [9.17, 15) is 8.96 Å². The van der Waals surface area contributed by atoms with Crippen molar-refractivity contribution in [3.8, 4) is 0 Å². The van der Waals surface area contributed by atoms with Gasteiger partial charge in [-0.05, 0) is 19.5 Å². The van der Waals surface area contributed by atoms with Crippen molar-refractivity contribution in [2.45, 2.75) is 32.7 Å². The zero-order chi connectivity index (χ0) is 17.4. The van der Waals surface area contributed by atoms with Crippen LogP contribution in [-0.4, -0.2) is 41.5 Å². The van der Waals surface area contributed by atoms with E-state index in [-0.39, 0.29) is 38.3 Å². The smallest absolute Gasteiger partial charge is 0.351 e. The number of rotatable bonds is 6. The topological polar surface area (TPSA) is 110 Å². The number of halogens is 1. The third-order valence-corrected chi connectivity index (χ3v) is 3.95. The molecule has 0 amide bonds. The van der Waals surface area contributed by atoms with Crippen LogP contribution in [0, 0.1) is 13.3 Å². The predicted octanol–water partition coefficient (Wildman–Crippen LogP) is 1.89. The Balaban J connectivity index is 0.00000288. The minimum Gasteiger partial charge on any atom is -0.369 e. The summed E-state index contributed by atoms with van der Waals surface area (Å²) in [6.07, 6.45) is 2.92. The van der Waals surface area contributed by atoms with Gasteiger partial charge in [-0.25, -0.2) is 4.39 Å². The molecule has 0 aliphatic heterocycles. The van der Waals surface area contributed by atoms with E-state index in [0.717, 1.165) is 6.92 Å². The maximum atomic E-state index is 14.6. The summed E-state index contributed by atoms with van der Waals surface area (Å²) < 4.78 is 31.7. The van der Waals surface area contributed by atoms with E-state index in [2.05, 4.69) is 27.9 Å². The van der Waals surface area contributed by atoms with Gasteiger partial charge in [0.05, 0.1) is 6.33 Å². The molecule has 2 N–H and O–H groups in total. The fraction of sp³-hybridized carbons (Fsp3) is 0.462. The Bertz CT molecular complexity index is 791. The minimum absolute atomic E-state index is 0. The molecular weight excluding hydrogens is 415 g/mol. The van der Waals surface area contributed by atoms with Gasteiger partial charge in [0.25, 0.3) is 0 Å². The van der Waals surface area contributed by atoms with Gasteiger partial charge in [0.15, 0.2) is 6.35 Å². The molecule has 0 aromatic carbocycles. The second kappa shape index (κ2) is 7.76. The number of alkyl halides is 1. The van der Waals surface area contributed by atoms with Crippen LogP contribution in [-0.2, 0) is 42.0 Å². The first-order chi connectivity index (χ1) is 10.5. The molecule has 0 bridgehead atoms. The van der Waals surface area contributed by atoms with E-state index >= 15 is 0 Å². The molecule has 8 nitrogen and oxygen atoms in total. The third-order valence-electron chi connectivity index (χ3n) is 3.48. The first kappa shape index (κ1) is 21.5. The Morgan fingerprint density at radius 2 is 2.21 bits per heavy atom. The summed E-state index contributed by atoms with van der Waals surface area (Å²) >= 11 is 0. The molecule has 0 saturated carbocycles. The van der Waals surface area contributed by atoms with Gasteiger partial charge in [-0.1, -0.05) is 13.5 Å². The number of hydrogen-bond acceptors (Lipinski definition) is 5. The van der Waals surface area contributed by atoms with E-state index in [1.165, 1.54) is 6.33 Å². The van der Waals surface area contributed by atoms with Gasteiger partial charge in [-0.3, -0.25) is 9.55 Å². The summed E-state index contributed by atoms with van der Waals surface area (Å²) in [4.78, 5) is 29.7. The molecule has 0 fully saturated rings. The number of aryl methyl sites for hydroxylation is 1. The minimum atomic E-state index is -4.49. The number of ether oxygens (including phenoxy) is 1. The Labute approximate surface area is 163 Å². The van der Waals surface area contributed by atoms with Crippen molar-refractivity contribution < 1.29 is 56.2 Å². The van der Waals surface area contributed by atoms with Crippen molar-refractivity contribution in [3.05, 3.63) is 30.5 Å². The maximum absolute atomic E-state index is 14.6. The quantitative estimate of drug-likeness (QED) is 0.408. The van der Waals surface area contributed by atoms with Crippen LogP contribution < -0.4 is 0 Å². The van der Waals surface area contributed by atoms with Crippen LogP contribution in [0.5, 0.6) is 0 Å². The van der Waals surface area contributed by atoms with Crippen LogP contribution in [0.25, 0.3) is 11.2 Å². The van der Waals surface area contributed by atoms with Crippen molar-refractivity contribution in [1.29, 1.82) is 0 Å². The Morgan fingerprint density at radius 3 is 2.79 bits per heavy atom. The molecule has 24 heavy (non-hydrogen) atoms. The third kappa shape index (κ3) is 4.74. The van der Waals surface area contributed by atoms with Gasteiger partial charge in [0, 0.05) is 61.8 Å². The van der Waals surface area contributed by atoms with Crippen molar-refractivity contribution in [2.75, 3.05) is 6.35 Å². The summed E-state index contributed by atoms with van der Waals surface area (Å²) in [6, 6.07) is -0.616. The predicted molar refractivity (Wildman–Crippen MR) is 80.3 cm³/mol. The fourth-order valence-corrected chi connectivity index (χ4v) is 2.45. The molecule has 0 aliphatic carbocycles. The van der Waals surface area contributed by atoms with Gasteiger partial charge >= 0.3 is 7.60 Å². The normalized spacial score (nSPS) is 15.6. The van der Waals surface area contributed by atoms with E-state index in [1.54, 1.807) is 18.4 Å². The second-order valence-corrected chi connectivity index (χ2v) is 6.88. The van der Waals surface area contributed by atoms with Gasteiger partial charge in [0.2, 0.25) is 5.85 Å². The number of imidazole rings is 1. The molecular formula is C13H17FN4O4PY-.